The fourth-order valence-corrected chi connectivity index (χ4v) is 4.00. The zero-order chi connectivity index (χ0) is 14.7. The van der Waals surface area contributed by atoms with Gasteiger partial charge < -0.3 is 10.2 Å². The number of amides is 1. The van der Waals surface area contributed by atoms with Crippen LogP contribution in [0.3, 0.4) is 0 Å². The zero-order valence-corrected chi connectivity index (χ0v) is 14.5. The fourth-order valence-electron chi connectivity index (χ4n) is 3.01. The lowest BCUT2D eigenvalue weighted by molar-refractivity contribution is -0.131. The molecule has 1 saturated heterocycles. The maximum absolute atomic E-state index is 12.2. The average molecular weight is 339 g/mol. The summed E-state index contributed by atoms with van der Waals surface area (Å²) in [5, 5.41) is 6.90. The second-order valence-corrected chi connectivity index (χ2v) is 6.67. The predicted molar refractivity (Wildman–Crippen MR) is 96.1 cm³/mol. The van der Waals surface area contributed by atoms with Gasteiger partial charge in [0.15, 0.2) is 0 Å². The largest absolute Gasteiger partial charge is 0.341 e. The van der Waals surface area contributed by atoms with Gasteiger partial charge >= 0.3 is 0 Å². The molecule has 5 heteroatoms. The number of likely N-dealkylation sites (N-methyl/N-ethyl adjacent to an activating group) is 1. The van der Waals surface area contributed by atoms with Crippen molar-refractivity contribution in [3.05, 3.63) is 35.2 Å². The Labute approximate surface area is 142 Å². The second kappa shape index (κ2) is 7.95. The molecule has 0 saturated carbocycles. The Bertz CT molecular complexity index is 622. The quantitative estimate of drug-likeness (QED) is 0.905. The third-order valence-electron chi connectivity index (χ3n) is 4.37. The topological polar surface area (TPSA) is 32.3 Å². The third-order valence-corrected chi connectivity index (χ3v) is 5.39. The Balaban J connectivity index is 0.00000176. The van der Waals surface area contributed by atoms with Gasteiger partial charge in [0.05, 0.1) is 0 Å². The first-order valence-corrected chi connectivity index (χ1v) is 8.55. The van der Waals surface area contributed by atoms with E-state index < -0.39 is 0 Å². The number of benzene rings is 1. The number of fused-ring (bicyclic) bond motifs is 1. The van der Waals surface area contributed by atoms with Crippen molar-refractivity contribution in [1.29, 1.82) is 0 Å². The van der Waals surface area contributed by atoms with Gasteiger partial charge in [-0.25, -0.2) is 0 Å². The van der Waals surface area contributed by atoms with Crippen molar-refractivity contribution in [2.45, 2.75) is 31.7 Å². The molecule has 2 aromatic rings. The lowest BCUT2D eigenvalue weighted by atomic mass is 10.1. The summed E-state index contributed by atoms with van der Waals surface area (Å²) in [4.78, 5) is 14.2. The summed E-state index contributed by atoms with van der Waals surface area (Å²) in [6.07, 6.45) is 3.66. The van der Waals surface area contributed by atoms with Crippen LogP contribution in [0.4, 0.5) is 0 Å². The molecule has 1 aliphatic heterocycles. The highest BCUT2D eigenvalue weighted by molar-refractivity contribution is 7.17. The number of rotatable bonds is 5. The maximum atomic E-state index is 12.2. The molecule has 1 unspecified atom stereocenters. The van der Waals surface area contributed by atoms with Crippen molar-refractivity contribution in [3.8, 4) is 0 Å². The van der Waals surface area contributed by atoms with E-state index >= 15 is 0 Å². The van der Waals surface area contributed by atoms with E-state index in [1.165, 1.54) is 15.6 Å². The number of halogens is 1. The first-order valence-electron chi connectivity index (χ1n) is 7.67. The molecule has 1 aliphatic rings. The Morgan fingerprint density at radius 2 is 2.23 bits per heavy atom. The summed E-state index contributed by atoms with van der Waals surface area (Å²) in [6.45, 7) is 1.97. The van der Waals surface area contributed by atoms with Crippen LogP contribution in [-0.4, -0.2) is 37.0 Å². The van der Waals surface area contributed by atoms with Crippen LogP contribution < -0.4 is 5.32 Å². The summed E-state index contributed by atoms with van der Waals surface area (Å²) in [5.41, 5.74) is 1.38. The van der Waals surface area contributed by atoms with Crippen LogP contribution in [0.1, 0.15) is 24.8 Å². The van der Waals surface area contributed by atoms with Gasteiger partial charge in [-0.15, -0.1) is 23.7 Å². The summed E-state index contributed by atoms with van der Waals surface area (Å²) in [7, 11) is 1.94. The van der Waals surface area contributed by atoms with E-state index in [0.717, 1.165) is 32.4 Å². The molecule has 1 amide bonds. The molecule has 1 aromatic carbocycles. The van der Waals surface area contributed by atoms with Gasteiger partial charge in [-0.2, -0.15) is 0 Å². The lowest BCUT2D eigenvalue weighted by Gasteiger charge is -2.23. The maximum Gasteiger partial charge on any atom is 0.222 e. The first-order chi connectivity index (χ1) is 10.3. The number of carbonyl (C=O) groups excluding carboxylic acids is 1. The van der Waals surface area contributed by atoms with Crippen molar-refractivity contribution in [1.82, 2.24) is 10.2 Å². The molecular weight excluding hydrogens is 316 g/mol. The van der Waals surface area contributed by atoms with E-state index in [1.54, 1.807) is 11.3 Å². The monoisotopic (exact) mass is 338 g/mol. The highest BCUT2D eigenvalue weighted by Gasteiger charge is 2.22. The van der Waals surface area contributed by atoms with Crippen LogP contribution in [-0.2, 0) is 11.2 Å². The SMILES string of the molecule is CN(C(=O)CCCc1csc2ccccc12)C1CCNC1.Cl. The van der Waals surface area contributed by atoms with Crippen molar-refractivity contribution in [3.63, 3.8) is 0 Å². The van der Waals surface area contributed by atoms with Crippen molar-refractivity contribution < 1.29 is 4.79 Å². The van der Waals surface area contributed by atoms with Crippen molar-refractivity contribution in [2.24, 2.45) is 0 Å². The summed E-state index contributed by atoms with van der Waals surface area (Å²) >= 11 is 1.80. The second-order valence-electron chi connectivity index (χ2n) is 5.76. The summed E-state index contributed by atoms with van der Waals surface area (Å²) in [5.74, 6) is 0.281. The highest BCUT2D eigenvalue weighted by Crippen LogP contribution is 2.26. The minimum atomic E-state index is 0. The van der Waals surface area contributed by atoms with Gasteiger partial charge in [0.25, 0.3) is 0 Å². The van der Waals surface area contributed by atoms with Gasteiger partial charge in [0.1, 0.15) is 0 Å². The zero-order valence-electron chi connectivity index (χ0n) is 12.9. The Morgan fingerprint density at radius 1 is 1.41 bits per heavy atom. The van der Waals surface area contributed by atoms with Gasteiger partial charge in [0, 0.05) is 30.8 Å². The molecule has 0 aliphatic carbocycles. The van der Waals surface area contributed by atoms with Crippen LogP contribution >= 0.6 is 23.7 Å². The molecule has 0 bridgehead atoms. The van der Waals surface area contributed by atoms with Crippen LogP contribution in [0.2, 0.25) is 0 Å². The molecule has 22 heavy (non-hydrogen) atoms. The Morgan fingerprint density at radius 3 is 3.00 bits per heavy atom. The van der Waals surface area contributed by atoms with E-state index in [1.807, 2.05) is 11.9 Å². The smallest absolute Gasteiger partial charge is 0.222 e. The minimum absolute atomic E-state index is 0. The van der Waals surface area contributed by atoms with E-state index in [0.29, 0.717) is 12.5 Å². The van der Waals surface area contributed by atoms with Gasteiger partial charge in [-0.3, -0.25) is 4.79 Å². The number of carbonyl (C=O) groups is 1. The summed E-state index contributed by atoms with van der Waals surface area (Å²) in [6, 6.07) is 8.90. The number of hydrogen-bond acceptors (Lipinski definition) is 3. The van der Waals surface area contributed by atoms with Crippen LogP contribution in [0.5, 0.6) is 0 Å². The van der Waals surface area contributed by atoms with Gasteiger partial charge in [-0.05, 0) is 48.2 Å². The normalized spacial score (nSPS) is 17.4. The molecule has 0 spiro atoms. The molecule has 0 radical (unpaired) electrons. The number of thiophene rings is 1. The average Bonchev–Trinajstić information content (AvgIpc) is 3.16. The lowest BCUT2D eigenvalue weighted by Crippen LogP contribution is -2.38. The van der Waals surface area contributed by atoms with Crippen LogP contribution in [0, 0.1) is 0 Å². The molecule has 1 atom stereocenters. The first kappa shape index (κ1) is 17.3. The number of nitrogens with zero attached hydrogens (tertiary/aromatic N) is 1. The molecule has 1 N–H and O–H groups in total. The van der Waals surface area contributed by atoms with Crippen molar-refractivity contribution in [2.75, 3.05) is 20.1 Å². The molecule has 1 aromatic heterocycles. The highest BCUT2D eigenvalue weighted by atomic mass is 35.5. The van der Waals surface area contributed by atoms with Crippen molar-refractivity contribution >= 4 is 39.7 Å². The predicted octanol–water partition coefficient (Wildman–Crippen LogP) is 3.47. The molecule has 120 valence electrons. The number of hydrogen-bond donors (Lipinski definition) is 1. The molecule has 1 fully saturated rings. The number of aryl methyl sites for hydroxylation is 1. The summed E-state index contributed by atoms with van der Waals surface area (Å²) < 4.78 is 1.34. The molecule has 2 heterocycles. The third kappa shape index (κ3) is 3.80. The molecule has 3 rings (SSSR count). The molecular formula is C17H23ClN2OS. The Kier molecular flexibility index (Phi) is 6.24. The standard InChI is InChI=1S/C17H22N2OS.ClH/c1-19(14-9-10-18-11-14)17(20)8-4-5-13-12-21-16-7-3-2-6-15(13)16;/h2-3,6-7,12,14,18H,4-5,8-11H2,1H3;1H. The Hall–Kier alpha value is -1.10. The van der Waals surface area contributed by atoms with E-state index in [2.05, 4.69) is 35.0 Å². The minimum Gasteiger partial charge on any atom is -0.341 e. The van der Waals surface area contributed by atoms with Crippen LogP contribution in [0.25, 0.3) is 10.1 Å². The molecule has 3 nitrogen and oxygen atoms in total. The fraction of sp³-hybridized carbons (Fsp3) is 0.471. The number of nitrogens with one attached hydrogen (secondary N) is 1. The van der Waals surface area contributed by atoms with Crippen LogP contribution in [0.15, 0.2) is 29.6 Å². The van der Waals surface area contributed by atoms with E-state index in [9.17, 15) is 4.79 Å². The van der Waals surface area contributed by atoms with Gasteiger partial charge in [-0.1, -0.05) is 18.2 Å². The van der Waals surface area contributed by atoms with Gasteiger partial charge in [0.2, 0.25) is 5.91 Å². The van der Waals surface area contributed by atoms with E-state index in [4.69, 9.17) is 0 Å². The van der Waals surface area contributed by atoms with E-state index in [-0.39, 0.29) is 18.3 Å².